The lowest BCUT2D eigenvalue weighted by molar-refractivity contribution is 0.290. The number of hydrogen-bond donors (Lipinski definition) is 0. The van der Waals surface area contributed by atoms with Crippen LogP contribution in [0.5, 0.6) is 5.75 Å². The highest BCUT2D eigenvalue weighted by Gasteiger charge is 2.04. The number of rotatable bonds is 7. The lowest BCUT2D eigenvalue weighted by Gasteiger charge is -2.08. The van der Waals surface area contributed by atoms with Crippen molar-refractivity contribution in [3.63, 3.8) is 0 Å². The summed E-state index contributed by atoms with van der Waals surface area (Å²) in [7, 11) is 0. The number of alkyl halides is 1. The van der Waals surface area contributed by atoms with Crippen LogP contribution in [0.4, 0.5) is 4.39 Å². The number of halogens is 2. The third kappa shape index (κ3) is 4.40. The van der Waals surface area contributed by atoms with Gasteiger partial charge >= 0.3 is 0 Å². The Morgan fingerprint density at radius 1 is 1.19 bits per heavy atom. The van der Waals surface area contributed by atoms with E-state index in [9.17, 15) is 4.39 Å². The maximum atomic E-state index is 13.5. The lowest BCUT2D eigenvalue weighted by Crippen LogP contribution is -2.00. The van der Waals surface area contributed by atoms with E-state index in [1.54, 1.807) is 25.1 Å². The summed E-state index contributed by atoms with van der Waals surface area (Å²) in [6.45, 7) is 2.31. The summed E-state index contributed by atoms with van der Waals surface area (Å²) >= 11 is 5.57. The van der Waals surface area contributed by atoms with Crippen LogP contribution in [0.3, 0.4) is 0 Å². The lowest BCUT2D eigenvalue weighted by atomic mass is 10.2. The Labute approximate surface area is 102 Å². The second kappa shape index (κ2) is 7.50. The zero-order valence-corrected chi connectivity index (χ0v) is 10.4. The predicted octanol–water partition coefficient (Wildman–Crippen LogP) is 4.31. The molecule has 0 aliphatic heterocycles. The van der Waals surface area contributed by atoms with Crippen LogP contribution >= 0.6 is 11.6 Å². The number of ether oxygens (including phenoxy) is 1. The molecular weight excluding hydrogens is 227 g/mol. The summed E-state index contributed by atoms with van der Waals surface area (Å²) in [6.07, 6.45) is 4.19. The molecule has 3 heteroatoms. The molecule has 0 aliphatic rings. The fourth-order valence-electron chi connectivity index (χ4n) is 1.46. The van der Waals surface area contributed by atoms with Crippen LogP contribution in [0.15, 0.2) is 18.2 Å². The predicted molar refractivity (Wildman–Crippen MR) is 65.8 cm³/mol. The average molecular weight is 245 g/mol. The van der Waals surface area contributed by atoms with Gasteiger partial charge in [0.15, 0.2) is 11.6 Å². The quantitative estimate of drug-likeness (QED) is 0.513. The van der Waals surface area contributed by atoms with Crippen molar-refractivity contribution >= 4 is 11.6 Å². The summed E-state index contributed by atoms with van der Waals surface area (Å²) in [5.74, 6) is 0.827. The molecule has 0 unspecified atom stereocenters. The van der Waals surface area contributed by atoms with Crippen molar-refractivity contribution < 1.29 is 9.13 Å². The third-order valence-corrected chi connectivity index (χ3v) is 2.71. The van der Waals surface area contributed by atoms with Gasteiger partial charge in [0.05, 0.1) is 6.61 Å². The minimum atomic E-state index is -0.247. The SMILES string of the molecule is Cc1cccc(OCCCCCCCl)c1F. The van der Waals surface area contributed by atoms with Gasteiger partial charge < -0.3 is 4.74 Å². The van der Waals surface area contributed by atoms with E-state index in [0.29, 0.717) is 23.8 Å². The first-order valence-electron chi connectivity index (χ1n) is 5.69. The number of benzene rings is 1. The monoisotopic (exact) mass is 244 g/mol. The van der Waals surface area contributed by atoms with Gasteiger partial charge in [-0.1, -0.05) is 25.0 Å². The standard InChI is InChI=1S/C13H18ClFO/c1-11-7-6-8-12(13(11)15)16-10-5-3-2-4-9-14/h6-8H,2-5,9-10H2,1H3. The first-order valence-corrected chi connectivity index (χ1v) is 6.23. The van der Waals surface area contributed by atoms with Crippen LogP contribution in [0.2, 0.25) is 0 Å². The van der Waals surface area contributed by atoms with Gasteiger partial charge in [-0.2, -0.15) is 0 Å². The molecule has 0 heterocycles. The minimum absolute atomic E-state index is 0.247. The molecule has 1 rings (SSSR count). The van der Waals surface area contributed by atoms with Crippen LogP contribution in [-0.2, 0) is 0 Å². The molecule has 16 heavy (non-hydrogen) atoms. The molecule has 0 aliphatic carbocycles. The summed E-state index contributed by atoms with van der Waals surface area (Å²) in [6, 6.07) is 5.21. The summed E-state index contributed by atoms with van der Waals surface area (Å²) in [4.78, 5) is 0. The van der Waals surface area contributed by atoms with E-state index in [4.69, 9.17) is 16.3 Å². The van der Waals surface area contributed by atoms with Crippen molar-refractivity contribution in [2.75, 3.05) is 12.5 Å². The highest BCUT2D eigenvalue weighted by atomic mass is 35.5. The first kappa shape index (κ1) is 13.3. The molecule has 0 spiro atoms. The number of aryl methyl sites for hydroxylation is 1. The Balaban J connectivity index is 2.24. The van der Waals surface area contributed by atoms with Crippen LogP contribution < -0.4 is 4.74 Å². The zero-order valence-electron chi connectivity index (χ0n) is 9.64. The minimum Gasteiger partial charge on any atom is -0.491 e. The van der Waals surface area contributed by atoms with Gasteiger partial charge in [0.2, 0.25) is 0 Å². The third-order valence-electron chi connectivity index (χ3n) is 2.44. The van der Waals surface area contributed by atoms with Crippen molar-refractivity contribution in [2.24, 2.45) is 0 Å². The highest BCUT2D eigenvalue weighted by molar-refractivity contribution is 6.17. The zero-order chi connectivity index (χ0) is 11.8. The van der Waals surface area contributed by atoms with Gasteiger partial charge in [-0.05, 0) is 31.4 Å². The molecule has 0 N–H and O–H groups in total. The van der Waals surface area contributed by atoms with Crippen molar-refractivity contribution in [1.29, 1.82) is 0 Å². The van der Waals surface area contributed by atoms with Gasteiger partial charge in [-0.15, -0.1) is 11.6 Å². The van der Waals surface area contributed by atoms with Gasteiger partial charge in [-0.25, -0.2) is 4.39 Å². The summed E-state index contributed by atoms with van der Waals surface area (Å²) in [5, 5.41) is 0. The summed E-state index contributed by atoms with van der Waals surface area (Å²) in [5.41, 5.74) is 0.625. The molecular formula is C13H18ClFO. The fraction of sp³-hybridized carbons (Fsp3) is 0.538. The summed E-state index contributed by atoms with van der Waals surface area (Å²) < 4.78 is 18.9. The van der Waals surface area contributed by atoms with Crippen molar-refractivity contribution in [3.8, 4) is 5.75 Å². The van der Waals surface area contributed by atoms with Crippen LogP contribution in [0.1, 0.15) is 31.2 Å². The maximum absolute atomic E-state index is 13.5. The molecule has 0 atom stereocenters. The largest absolute Gasteiger partial charge is 0.491 e. The topological polar surface area (TPSA) is 9.23 Å². The van der Waals surface area contributed by atoms with Gasteiger partial charge in [0.1, 0.15) is 0 Å². The molecule has 0 radical (unpaired) electrons. The Kier molecular flexibility index (Phi) is 6.24. The molecule has 1 nitrogen and oxygen atoms in total. The van der Waals surface area contributed by atoms with Crippen molar-refractivity contribution in [2.45, 2.75) is 32.6 Å². The van der Waals surface area contributed by atoms with Crippen molar-refractivity contribution in [1.82, 2.24) is 0 Å². The van der Waals surface area contributed by atoms with Gasteiger partial charge in [0.25, 0.3) is 0 Å². The number of unbranched alkanes of at least 4 members (excludes halogenated alkanes) is 3. The Bertz CT molecular complexity index is 315. The van der Waals surface area contributed by atoms with Crippen LogP contribution in [0, 0.1) is 12.7 Å². The fourth-order valence-corrected chi connectivity index (χ4v) is 1.65. The molecule has 0 aromatic heterocycles. The first-order chi connectivity index (χ1) is 7.75. The second-order valence-electron chi connectivity index (χ2n) is 3.84. The molecule has 0 saturated carbocycles. The maximum Gasteiger partial charge on any atom is 0.167 e. The molecule has 1 aromatic carbocycles. The van der Waals surface area contributed by atoms with Crippen molar-refractivity contribution in [3.05, 3.63) is 29.6 Å². The van der Waals surface area contributed by atoms with E-state index in [-0.39, 0.29) is 5.82 Å². The van der Waals surface area contributed by atoms with Gasteiger partial charge in [-0.3, -0.25) is 0 Å². The average Bonchev–Trinajstić information content (AvgIpc) is 2.29. The molecule has 0 saturated heterocycles. The van der Waals surface area contributed by atoms with Gasteiger partial charge in [0, 0.05) is 5.88 Å². The van der Waals surface area contributed by atoms with E-state index in [1.807, 2.05) is 0 Å². The highest BCUT2D eigenvalue weighted by Crippen LogP contribution is 2.19. The second-order valence-corrected chi connectivity index (χ2v) is 4.22. The van der Waals surface area contributed by atoms with E-state index in [1.165, 1.54) is 0 Å². The van der Waals surface area contributed by atoms with E-state index in [0.717, 1.165) is 25.7 Å². The van der Waals surface area contributed by atoms with Crippen LogP contribution in [-0.4, -0.2) is 12.5 Å². The molecule has 0 amide bonds. The van der Waals surface area contributed by atoms with E-state index >= 15 is 0 Å². The molecule has 0 bridgehead atoms. The van der Waals surface area contributed by atoms with Crippen LogP contribution in [0.25, 0.3) is 0 Å². The molecule has 90 valence electrons. The Morgan fingerprint density at radius 3 is 2.69 bits per heavy atom. The van der Waals surface area contributed by atoms with E-state index < -0.39 is 0 Å². The Hall–Kier alpha value is -0.760. The smallest absolute Gasteiger partial charge is 0.167 e. The number of hydrogen-bond acceptors (Lipinski definition) is 1. The Morgan fingerprint density at radius 2 is 1.94 bits per heavy atom. The van der Waals surface area contributed by atoms with E-state index in [2.05, 4.69) is 0 Å². The molecule has 1 aromatic rings. The molecule has 0 fully saturated rings. The normalized spacial score (nSPS) is 10.4.